The maximum Gasteiger partial charge on any atom is 0.320 e. The highest BCUT2D eigenvalue weighted by Gasteiger charge is 2.05. The molecule has 0 saturated carbocycles. The zero-order valence-electron chi connectivity index (χ0n) is 8.01. The lowest BCUT2D eigenvalue weighted by molar-refractivity contribution is 0.250. The largest absolute Gasteiger partial charge is 0.336 e. The highest BCUT2D eigenvalue weighted by Crippen LogP contribution is 2.07. The summed E-state index contributed by atoms with van der Waals surface area (Å²) >= 11 is 0. The number of amides is 2. The van der Waals surface area contributed by atoms with Crippen LogP contribution in [0.3, 0.4) is 0 Å². The number of carbonyl (C=O) groups excluding carboxylic acids is 1. The van der Waals surface area contributed by atoms with E-state index in [9.17, 15) is 4.79 Å². The van der Waals surface area contributed by atoms with Crippen molar-refractivity contribution >= 4 is 11.8 Å². The summed E-state index contributed by atoms with van der Waals surface area (Å²) in [6, 6.07) is -0.0921. The smallest absolute Gasteiger partial charge is 0.320 e. The first-order valence-corrected chi connectivity index (χ1v) is 4.17. The molecular formula is C8H14N4O. The van der Waals surface area contributed by atoms with Crippen molar-refractivity contribution in [1.82, 2.24) is 15.5 Å². The molecule has 72 valence electrons. The molecule has 0 atom stereocenters. The third-order valence-corrected chi connectivity index (χ3v) is 1.49. The number of aromatic amines is 1. The zero-order valence-corrected chi connectivity index (χ0v) is 8.01. The second-order valence-electron chi connectivity index (χ2n) is 3.18. The van der Waals surface area contributed by atoms with Crippen molar-refractivity contribution in [3.05, 3.63) is 11.8 Å². The summed E-state index contributed by atoms with van der Waals surface area (Å²) in [7, 11) is 0. The molecule has 1 aromatic heterocycles. The number of anilines is 1. The molecule has 0 aliphatic carbocycles. The SMILES string of the molecule is Cc1cn[nH]c1NC(=O)NC(C)C. The Morgan fingerprint density at radius 1 is 1.62 bits per heavy atom. The van der Waals surface area contributed by atoms with Gasteiger partial charge in [0.15, 0.2) is 0 Å². The van der Waals surface area contributed by atoms with Gasteiger partial charge in [-0.15, -0.1) is 0 Å². The van der Waals surface area contributed by atoms with Crippen LogP contribution >= 0.6 is 0 Å². The number of H-pyrrole nitrogens is 1. The van der Waals surface area contributed by atoms with E-state index >= 15 is 0 Å². The van der Waals surface area contributed by atoms with E-state index in [0.717, 1.165) is 5.56 Å². The van der Waals surface area contributed by atoms with Crippen LogP contribution in [0.5, 0.6) is 0 Å². The van der Waals surface area contributed by atoms with Gasteiger partial charge >= 0.3 is 6.03 Å². The van der Waals surface area contributed by atoms with Gasteiger partial charge in [0.25, 0.3) is 0 Å². The summed E-state index contributed by atoms with van der Waals surface area (Å²) in [4.78, 5) is 11.2. The van der Waals surface area contributed by atoms with Gasteiger partial charge in [0, 0.05) is 11.6 Å². The van der Waals surface area contributed by atoms with E-state index < -0.39 is 0 Å². The Bertz CT molecular complexity index is 292. The number of hydrogen-bond donors (Lipinski definition) is 3. The fourth-order valence-corrected chi connectivity index (χ4v) is 0.885. The monoisotopic (exact) mass is 182 g/mol. The van der Waals surface area contributed by atoms with Crippen LogP contribution in [-0.2, 0) is 0 Å². The number of urea groups is 1. The highest BCUT2D eigenvalue weighted by molar-refractivity contribution is 5.88. The van der Waals surface area contributed by atoms with Crippen molar-refractivity contribution in [3.63, 3.8) is 0 Å². The van der Waals surface area contributed by atoms with Crippen LogP contribution in [-0.4, -0.2) is 22.3 Å². The Morgan fingerprint density at radius 3 is 2.77 bits per heavy atom. The van der Waals surface area contributed by atoms with E-state index in [1.165, 1.54) is 0 Å². The third kappa shape index (κ3) is 2.77. The lowest BCUT2D eigenvalue weighted by Crippen LogP contribution is -2.34. The lowest BCUT2D eigenvalue weighted by Gasteiger charge is -2.08. The Labute approximate surface area is 76.9 Å². The van der Waals surface area contributed by atoms with Crippen molar-refractivity contribution in [2.24, 2.45) is 0 Å². The Kier molecular flexibility index (Phi) is 2.89. The Hall–Kier alpha value is -1.52. The number of rotatable bonds is 2. The molecule has 0 bridgehead atoms. The minimum Gasteiger partial charge on any atom is -0.336 e. The first-order valence-electron chi connectivity index (χ1n) is 4.17. The summed E-state index contributed by atoms with van der Waals surface area (Å²) in [5.74, 6) is 0.637. The number of aromatic nitrogens is 2. The molecule has 0 spiro atoms. The Morgan fingerprint density at radius 2 is 2.31 bits per heavy atom. The number of nitrogens with one attached hydrogen (secondary N) is 3. The van der Waals surface area contributed by atoms with Crippen LogP contribution in [0.4, 0.5) is 10.6 Å². The molecule has 5 heteroatoms. The van der Waals surface area contributed by atoms with Crippen molar-refractivity contribution in [2.75, 3.05) is 5.32 Å². The lowest BCUT2D eigenvalue weighted by atomic mass is 10.4. The molecule has 0 fully saturated rings. The average Bonchev–Trinajstić information content (AvgIpc) is 2.34. The summed E-state index contributed by atoms with van der Waals surface area (Å²) < 4.78 is 0. The molecule has 1 aromatic rings. The first-order chi connectivity index (χ1) is 6.09. The topological polar surface area (TPSA) is 69.8 Å². The maximum atomic E-state index is 11.2. The van der Waals surface area contributed by atoms with Crippen molar-refractivity contribution in [1.29, 1.82) is 0 Å². The summed E-state index contributed by atoms with van der Waals surface area (Å²) in [6.07, 6.45) is 1.66. The predicted octanol–water partition coefficient (Wildman–Crippen LogP) is 1.25. The maximum absolute atomic E-state index is 11.2. The zero-order chi connectivity index (χ0) is 9.84. The van der Waals surface area contributed by atoms with Gasteiger partial charge in [-0.3, -0.25) is 10.4 Å². The van der Waals surface area contributed by atoms with Crippen LogP contribution in [0.2, 0.25) is 0 Å². The second-order valence-corrected chi connectivity index (χ2v) is 3.18. The standard InChI is InChI=1S/C8H14N4O/c1-5(2)10-8(13)11-7-6(3)4-9-12-7/h4-5H,1-3H3,(H3,9,10,11,12,13). The van der Waals surface area contributed by atoms with Crippen LogP contribution in [0.15, 0.2) is 6.20 Å². The van der Waals surface area contributed by atoms with Crippen LogP contribution < -0.4 is 10.6 Å². The molecule has 0 radical (unpaired) electrons. The van der Waals surface area contributed by atoms with Gasteiger partial charge in [-0.1, -0.05) is 0 Å². The average molecular weight is 182 g/mol. The van der Waals surface area contributed by atoms with E-state index in [-0.39, 0.29) is 12.1 Å². The predicted molar refractivity (Wildman–Crippen MR) is 50.6 cm³/mol. The van der Waals surface area contributed by atoms with Gasteiger partial charge < -0.3 is 5.32 Å². The highest BCUT2D eigenvalue weighted by atomic mass is 16.2. The van der Waals surface area contributed by atoms with E-state index in [1.54, 1.807) is 6.20 Å². The molecule has 5 nitrogen and oxygen atoms in total. The normalized spacial score (nSPS) is 10.2. The van der Waals surface area contributed by atoms with Crippen LogP contribution in [0.1, 0.15) is 19.4 Å². The number of aryl methyl sites for hydroxylation is 1. The van der Waals surface area contributed by atoms with E-state index in [2.05, 4.69) is 20.8 Å². The molecule has 2 amide bonds. The second kappa shape index (κ2) is 3.93. The number of hydrogen-bond acceptors (Lipinski definition) is 2. The first kappa shape index (κ1) is 9.57. The summed E-state index contributed by atoms with van der Waals surface area (Å²) in [5.41, 5.74) is 0.916. The van der Waals surface area contributed by atoms with Crippen molar-refractivity contribution in [3.8, 4) is 0 Å². The van der Waals surface area contributed by atoms with Gasteiger partial charge in [0.1, 0.15) is 5.82 Å². The van der Waals surface area contributed by atoms with E-state index in [0.29, 0.717) is 5.82 Å². The quantitative estimate of drug-likeness (QED) is 0.644. The molecule has 13 heavy (non-hydrogen) atoms. The van der Waals surface area contributed by atoms with Crippen molar-refractivity contribution < 1.29 is 4.79 Å². The minimum absolute atomic E-state index is 0.128. The summed E-state index contributed by atoms with van der Waals surface area (Å²) in [6.45, 7) is 5.67. The molecule has 0 saturated heterocycles. The molecule has 3 N–H and O–H groups in total. The molecule has 0 unspecified atom stereocenters. The molecule has 1 rings (SSSR count). The minimum atomic E-state index is -0.220. The van der Waals surface area contributed by atoms with E-state index in [4.69, 9.17) is 0 Å². The molecule has 0 aromatic carbocycles. The fourth-order valence-electron chi connectivity index (χ4n) is 0.885. The molecule has 1 heterocycles. The fraction of sp³-hybridized carbons (Fsp3) is 0.500. The number of nitrogens with zero attached hydrogens (tertiary/aromatic N) is 1. The van der Waals surface area contributed by atoms with E-state index in [1.807, 2.05) is 20.8 Å². The van der Waals surface area contributed by atoms with Gasteiger partial charge in [-0.05, 0) is 20.8 Å². The molecular weight excluding hydrogens is 168 g/mol. The third-order valence-electron chi connectivity index (χ3n) is 1.49. The molecule has 0 aliphatic heterocycles. The number of carbonyl (C=O) groups is 1. The van der Waals surface area contributed by atoms with Gasteiger partial charge in [0.05, 0.1) is 6.20 Å². The van der Waals surface area contributed by atoms with Gasteiger partial charge in [-0.25, -0.2) is 4.79 Å². The van der Waals surface area contributed by atoms with Gasteiger partial charge in [0.2, 0.25) is 0 Å². The summed E-state index contributed by atoms with van der Waals surface area (Å²) in [5, 5.41) is 11.8. The van der Waals surface area contributed by atoms with Crippen LogP contribution in [0, 0.1) is 6.92 Å². The van der Waals surface area contributed by atoms with Crippen LogP contribution in [0.25, 0.3) is 0 Å². The van der Waals surface area contributed by atoms with Crippen molar-refractivity contribution in [2.45, 2.75) is 26.8 Å². The Balaban J connectivity index is 2.50. The molecule has 0 aliphatic rings. The van der Waals surface area contributed by atoms with Gasteiger partial charge in [-0.2, -0.15) is 5.10 Å².